The third kappa shape index (κ3) is 3.00. The third-order valence-corrected chi connectivity index (χ3v) is 5.66. The number of aryl methyl sites for hydroxylation is 2. The number of amides is 1. The zero-order chi connectivity index (χ0) is 18.1. The van der Waals surface area contributed by atoms with E-state index in [2.05, 4.69) is 28.7 Å². The van der Waals surface area contributed by atoms with E-state index in [1.165, 1.54) is 17.5 Å². The van der Waals surface area contributed by atoms with Crippen LogP contribution in [0.4, 0.5) is 0 Å². The number of fused-ring (bicyclic) bond motifs is 1. The largest absolute Gasteiger partial charge is 0.358 e. The number of nitrogens with one attached hydrogen (secondary N) is 1. The van der Waals surface area contributed by atoms with Crippen LogP contribution < -0.4 is 0 Å². The highest BCUT2D eigenvalue weighted by atomic mass is 16.2. The number of aromatic amines is 1. The monoisotopic (exact) mass is 347 g/mol. The van der Waals surface area contributed by atoms with Crippen molar-refractivity contribution >= 4 is 16.8 Å². The minimum atomic E-state index is 0.133. The summed E-state index contributed by atoms with van der Waals surface area (Å²) in [6.45, 7) is 4.99. The molecule has 0 bridgehead atoms. The lowest BCUT2D eigenvalue weighted by atomic mass is 10.0. The number of nitrogens with zero attached hydrogens (tertiary/aromatic N) is 2. The summed E-state index contributed by atoms with van der Waals surface area (Å²) in [6, 6.07) is 10.2. The molecule has 3 aromatic rings. The first-order valence-electron chi connectivity index (χ1n) is 9.45. The zero-order valence-electron chi connectivity index (χ0n) is 15.5. The van der Waals surface area contributed by atoms with Gasteiger partial charge >= 0.3 is 0 Å². The summed E-state index contributed by atoms with van der Waals surface area (Å²) in [6.07, 6.45) is 8.06. The second-order valence-electron chi connectivity index (χ2n) is 7.28. The van der Waals surface area contributed by atoms with Crippen LogP contribution in [0.1, 0.15) is 58.9 Å². The molecule has 1 aromatic carbocycles. The van der Waals surface area contributed by atoms with Crippen molar-refractivity contribution in [3.63, 3.8) is 0 Å². The molecule has 1 amide bonds. The molecule has 0 aliphatic carbocycles. The Hall–Kier alpha value is -2.62. The van der Waals surface area contributed by atoms with E-state index >= 15 is 0 Å². The highest BCUT2D eigenvalue weighted by Crippen LogP contribution is 2.32. The van der Waals surface area contributed by atoms with E-state index in [4.69, 9.17) is 0 Å². The van der Waals surface area contributed by atoms with Crippen LogP contribution in [-0.4, -0.2) is 27.3 Å². The Morgan fingerprint density at radius 2 is 1.92 bits per heavy atom. The number of hydrogen-bond acceptors (Lipinski definition) is 2. The van der Waals surface area contributed by atoms with Gasteiger partial charge in [0, 0.05) is 41.1 Å². The van der Waals surface area contributed by atoms with Gasteiger partial charge in [0.1, 0.15) is 0 Å². The number of likely N-dealkylation sites (tertiary alicyclic amines) is 1. The lowest BCUT2D eigenvalue weighted by Crippen LogP contribution is -2.34. The molecule has 1 aliphatic heterocycles. The van der Waals surface area contributed by atoms with Crippen LogP contribution >= 0.6 is 0 Å². The van der Waals surface area contributed by atoms with E-state index in [-0.39, 0.29) is 11.9 Å². The van der Waals surface area contributed by atoms with Crippen molar-refractivity contribution in [2.45, 2.75) is 45.6 Å². The maximum absolute atomic E-state index is 13.4. The number of H-pyrrole nitrogens is 1. The molecule has 0 radical (unpaired) electrons. The fourth-order valence-corrected chi connectivity index (χ4v) is 4.04. The smallest absolute Gasteiger partial charge is 0.254 e. The highest BCUT2D eigenvalue weighted by molar-refractivity contribution is 5.99. The highest BCUT2D eigenvalue weighted by Gasteiger charge is 2.27. The van der Waals surface area contributed by atoms with Crippen molar-refractivity contribution in [1.82, 2.24) is 14.9 Å². The second-order valence-corrected chi connectivity index (χ2v) is 7.28. The van der Waals surface area contributed by atoms with Crippen molar-refractivity contribution in [3.05, 3.63) is 65.1 Å². The fraction of sp³-hybridized carbons (Fsp3) is 0.364. The van der Waals surface area contributed by atoms with Crippen LogP contribution in [0.5, 0.6) is 0 Å². The molecule has 4 rings (SSSR count). The van der Waals surface area contributed by atoms with Crippen LogP contribution in [0.2, 0.25) is 0 Å². The van der Waals surface area contributed by atoms with Crippen LogP contribution in [0.3, 0.4) is 0 Å². The predicted octanol–water partition coefficient (Wildman–Crippen LogP) is 4.94. The summed E-state index contributed by atoms with van der Waals surface area (Å²) in [5.41, 5.74) is 5.44. The first kappa shape index (κ1) is 16.8. The summed E-state index contributed by atoms with van der Waals surface area (Å²) < 4.78 is 0. The summed E-state index contributed by atoms with van der Waals surface area (Å²) in [5, 5.41) is 1.14. The number of carbonyl (C=O) groups is 1. The Balaban J connectivity index is 1.71. The summed E-state index contributed by atoms with van der Waals surface area (Å²) in [5.74, 6) is 0.133. The predicted molar refractivity (Wildman–Crippen MR) is 104 cm³/mol. The van der Waals surface area contributed by atoms with Crippen molar-refractivity contribution in [2.75, 3.05) is 6.54 Å². The van der Waals surface area contributed by atoms with Gasteiger partial charge in [-0.25, -0.2) is 0 Å². The average molecular weight is 347 g/mol. The Morgan fingerprint density at radius 1 is 1.12 bits per heavy atom. The molecule has 4 heteroatoms. The molecule has 1 atom stereocenters. The molecule has 0 spiro atoms. The Labute approximate surface area is 154 Å². The van der Waals surface area contributed by atoms with Gasteiger partial charge in [-0.3, -0.25) is 9.78 Å². The number of rotatable bonds is 2. The zero-order valence-corrected chi connectivity index (χ0v) is 15.5. The Kier molecular flexibility index (Phi) is 4.49. The van der Waals surface area contributed by atoms with Crippen molar-refractivity contribution in [2.24, 2.45) is 0 Å². The van der Waals surface area contributed by atoms with E-state index < -0.39 is 0 Å². The van der Waals surface area contributed by atoms with E-state index in [0.717, 1.165) is 48.0 Å². The van der Waals surface area contributed by atoms with Gasteiger partial charge in [0.25, 0.3) is 5.91 Å². The molecule has 1 aliphatic rings. The first-order chi connectivity index (χ1) is 12.6. The van der Waals surface area contributed by atoms with Gasteiger partial charge < -0.3 is 9.88 Å². The van der Waals surface area contributed by atoms with Gasteiger partial charge in [0.05, 0.1) is 6.04 Å². The van der Waals surface area contributed by atoms with Crippen LogP contribution in [0.15, 0.2) is 42.7 Å². The van der Waals surface area contributed by atoms with Crippen molar-refractivity contribution in [1.29, 1.82) is 0 Å². The van der Waals surface area contributed by atoms with Gasteiger partial charge in [-0.1, -0.05) is 12.8 Å². The lowest BCUT2D eigenvalue weighted by molar-refractivity contribution is 0.0681. The Bertz CT molecular complexity index is 929. The fourth-order valence-electron chi connectivity index (χ4n) is 4.04. The maximum Gasteiger partial charge on any atom is 0.254 e. The standard InChI is InChI=1S/C22H25N3O/c1-15-16(2)24-20-8-7-18(14-19(15)20)22(26)25-13-5-3-4-6-21(25)17-9-11-23-12-10-17/h7-12,14,21,24H,3-6,13H2,1-2H3/t21-/m0/s1. The molecule has 1 saturated heterocycles. The molecule has 2 aromatic heterocycles. The molecule has 0 unspecified atom stereocenters. The van der Waals surface area contributed by atoms with Gasteiger partial charge in [0.2, 0.25) is 0 Å². The second kappa shape index (κ2) is 6.94. The third-order valence-electron chi connectivity index (χ3n) is 5.66. The van der Waals surface area contributed by atoms with Crippen molar-refractivity contribution in [3.8, 4) is 0 Å². The number of hydrogen-bond donors (Lipinski definition) is 1. The maximum atomic E-state index is 13.4. The molecule has 3 heterocycles. The Morgan fingerprint density at radius 3 is 2.73 bits per heavy atom. The lowest BCUT2D eigenvalue weighted by Gasteiger charge is -2.30. The average Bonchev–Trinajstić information content (AvgIpc) is 2.85. The minimum Gasteiger partial charge on any atom is -0.358 e. The molecule has 0 saturated carbocycles. The van der Waals surface area contributed by atoms with Crippen LogP contribution in [-0.2, 0) is 0 Å². The van der Waals surface area contributed by atoms with Gasteiger partial charge in [0.15, 0.2) is 0 Å². The summed E-state index contributed by atoms with van der Waals surface area (Å²) in [4.78, 5) is 23.0. The number of pyridine rings is 1. The normalized spacial score (nSPS) is 18.1. The minimum absolute atomic E-state index is 0.133. The molecular weight excluding hydrogens is 322 g/mol. The van der Waals surface area contributed by atoms with E-state index in [0.29, 0.717) is 0 Å². The van der Waals surface area contributed by atoms with Crippen LogP contribution in [0.25, 0.3) is 10.9 Å². The molecule has 134 valence electrons. The molecule has 1 fully saturated rings. The molecular formula is C22H25N3O. The number of carbonyl (C=O) groups excluding carboxylic acids is 1. The van der Waals surface area contributed by atoms with Gasteiger partial charge in [-0.15, -0.1) is 0 Å². The molecule has 4 nitrogen and oxygen atoms in total. The molecule has 1 N–H and O–H groups in total. The number of benzene rings is 1. The summed E-state index contributed by atoms with van der Waals surface area (Å²) >= 11 is 0. The summed E-state index contributed by atoms with van der Waals surface area (Å²) in [7, 11) is 0. The number of aromatic nitrogens is 2. The van der Waals surface area contributed by atoms with Gasteiger partial charge in [-0.2, -0.15) is 0 Å². The van der Waals surface area contributed by atoms with Crippen LogP contribution in [0, 0.1) is 13.8 Å². The molecule has 26 heavy (non-hydrogen) atoms. The van der Waals surface area contributed by atoms with E-state index in [9.17, 15) is 4.79 Å². The first-order valence-corrected chi connectivity index (χ1v) is 9.45. The topological polar surface area (TPSA) is 49.0 Å². The van der Waals surface area contributed by atoms with Crippen molar-refractivity contribution < 1.29 is 4.79 Å². The SMILES string of the molecule is Cc1[nH]c2ccc(C(=O)N3CCCCC[C@H]3c3ccncc3)cc2c1C. The van der Waals surface area contributed by atoms with E-state index in [1.807, 2.05) is 42.7 Å². The van der Waals surface area contributed by atoms with Gasteiger partial charge in [-0.05, 0) is 68.1 Å². The van der Waals surface area contributed by atoms with E-state index in [1.54, 1.807) is 0 Å². The quantitative estimate of drug-likeness (QED) is 0.714.